The molecule has 70 heavy (non-hydrogen) atoms. The molecule has 7 heterocycles. The minimum absolute atomic E-state index is 0.00635. The molecule has 5 aliphatic rings. The highest BCUT2D eigenvalue weighted by atomic mass is 19.1. The van der Waals surface area contributed by atoms with Crippen LogP contribution in [0.2, 0.25) is 0 Å². The SMILES string of the molecule is C#Cc1c(F)ccc2cccc(-c3ncc4c(N5CCC[C@@](C)(O)C5)nc(OCC5(CN6CCN(CC7CCN(c8cccc9c8n(C)c(=O)n9C8CCC(=O)NC8=O)CC7)CC6)CC5)nc4c3F)c12. The first-order valence-corrected chi connectivity index (χ1v) is 24.7. The largest absolute Gasteiger partial charge is 0.463 e. The average Bonchev–Trinajstić information content (AvgIpc) is 4.07. The number of imidazole rings is 1. The number of nitrogens with one attached hydrogen (secondary N) is 1. The third-order valence-corrected chi connectivity index (χ3v) is 15.6. The number of β-amino-alcohol motifs (C(OH)–C–C–N with tert-alkyl or cyclic N) is 1. The van der Waals surface area contributed by atoms with E-state index in [1.54, 1.807) is 53.6 Å². The van der Waals surface area contributed by atoms with Crippen LogP contribution in [-0.4, -0.2) is 128 Å². The van der Waals surface area contributed by atoms with Crippen LogP contribution in [0.25, 0.3) is 44.0 Å². The summed E-state index contributed by atoms with van der Waals surface area (Å²) in [6.07, 6.45) is 13.3. The number of pyridine rings is 1. The molecule has 2 amide bonds. The number of rotatable bonds is 11. The van der Waals surface area contributed by atoms with E-state index in [-0.39, 0.29) is 46.2 Å². The van der Waals surface area contributed by atoms with Gasteiger partial charge in [0.1, 0.15) is 28.9 Å². The van der Waals surface area contributed by atoms with Gasteiger partial charge in [0, 0.05) is 101 Å². The second-order valence-electron chi connectivity index (χ2n) is 20.6. The average molecular weight is 953 g/mol. The molecule has 3 aromatic carbocycles. The second kappa shape index (κ2) is 18.0. The Morgan fingerprint density at radius 2 is 1.69 bits per heavy atom. The molecule has 1 aliphatic carbocycles. The van der Waals surface area contributed by atoms with Crippen molar-refractivity contribution in [1.82, 2.24) is 39.2 Å². The van der Waals surface area contributed by atoms with Gasteiger partial charge in [0.25, 0.3) is 0 Å². The van der Waals surface area contributed by atoms with E-state index in [0.29, 0.717) is 71.5 Å². The molecule has 0 radical (unpaired) electrons. The lowest BCUT2D eigenvalue weighted by molar-refractivity contribution is -0.135. The molecule has 2 atom stereocenters. The van der Waals surface area contributed by atoms with Gasteiger partial charge in [-0.25, -0.2) is 13.6 Å². The van der Waals surface area contributed by atoms with Gasteiger partial charge in [-0.1, -0.05) is 36.3 Å². The molecule has 11 rings (SSSR count). The van der Waals surface area contributed by atoms with Gasteiger partial charge in [0.2, 0.25) is 11.8 Å². The van der Waals surface area contributed by atoms with Crippen LogP contribution in [0.1, 0.15) is 69.9 Å². The molecule has 5 fully saturated rings. The number of para-hydroxylation sites is 1. The number of ether oxygens (including phenoxy) is 1. The minimum atomic E-state index is -0.961. The molecule has 15 nitrogen and oxygen atoms in total. The molecular weight excluding hydrogens is 895 g/mol. The Morgan fingerprint density at radius 3 is 2.43 bits per heavy atom. The zero-order chi connectivity index (χ0) is 48.5. The fourth-order valence-electron chi connectivity index (χ4n) is 11.6. The summed E-state index contributed by atoms with van der Waals surface area (Å²) in [5, 5.41) is 14.9. The van der Waals surface area contributed by atoms with Gasteiger partial charge in [-0.2, -0.15) is 9.97 Å². The number of piperidine rings is 3. The summed E-state index contributed by atoms with van der Waals surface area (Å²) in [6.45, 7) is 10.6. The standard InChI is InChI=1S/C53H58F2N10O5/c1-4-35-38(54)13-12-34-8-5-9-36(43(34)35)45-44(55)46-37(28-56-45)48(64-21-7-18-52(2,69)30-64)59-50(58-46)70-32-53(19-20-53)31-62-26-24-61(25-27-62)29-33-16-22-63(23-17-33)39-10-6-11-40-47(39)60(3)51(68)65(40)41-14-15-42(66)57-49(41)67/h1,5-6,8-13,28,33,41,69H,7,14-27,29-32H2,2-3H3,(H,57,66,67)/t41?,52-/m1/s1. The van der Waals surface area contributed by atoms with E-state index < -0.39 is 29.2 Å². The first-order chi connectivity index (χ1) is 33.8. The molecule has 4 aliphatic heterocycles. The van der Waals surface area contributed by atoms with Crippen molar-refractivity contribution in [3.8, 4) is 29.6 Å². The van der Waals surface area contributed by atoms with Crippen LogP contribution in [0.3, 0.4) is 0 Å². The number of amides is 2. The highest BCUT2D eigenvalue weighted by molar-refractivity contribution is 6.02. The monoisotopic (exact) mass is 952 g/mol. The minimum Gasteiger partial charge on any atom is -0.463 e. The van der Waals surface area contributed by atoms with E-state index in [0.717, 1.165) is 95.7 Å². The number of imide groups is 1. The van der Waals surface area contributed by atoms with Crippen LogP contribution in [0, 0.1) is 35.3 Å². The molecule has 1 saturated carbocycles. The fourth-order valence-corrected chi connectivity index (χ4v) is 11.6. The number of piperazine rings is 1. The highest BCUT2D eigenvalue weighted by Crippen LogP contribution is 2.47. The van der Waals surface area contributed by atoms with Crippen molar-refractivity contribution in [2.45, 2.75) is 69.9 Å². The number of fused-ring (bicyclic) bond motifs is 3. The topological polar surface area (TPSA) is 154 Å². The van der Waals surface area contributed by atoms with Crippen LogP contribution in [0.15, 0.2) is 59.5 Å². The van der Waals surface area contributed by atoms with Crippen molar-refractivity contribution in [3.05, 3.63) is 82.4 Å². The van der Waals surface area contributed by atoms with E-state index in [1.165, 1.54) is 6.07 Å². The van der Waals surface area contributed by atoms with E-state index in [4.69, 9.17) is 16.1 Å². The summed E-state index contributed by atoms with van der Waals surface area (Å²) in [6, 6.07) is 13.4. The normalized spacial score (nSPS) is 22.5. The van der Waals surface area contributed by atoms with Gasteiger partial charge in [0.05, 0.1) is 39.9 Å². The maximum atomic E-state index is 17.0. The molecule has 6 aromatic rings. The van der Waals surface area contributed by atoms with E-state index in [9.17, 15) is 23.9 Å². The number of benzene rings is 3. The number of aryl methyl sites for hydroxylation is 1. The lowest BCUT2D eigenvalue weighted by Gasteiger charge is -2.40. The number of carbonyl (C=O) groups excluding carboxylic acids is 2. The van der Waals surface area contributed by atoms with Crippen molar-refractivity contribution in [1.29, 1.82) is 0 Å². The number of nitrogens with zero attached hydrogens (tertiary/aromatic N) is 9. The predicted octanol–water partition coefficient (Wildman–Crippen LogP) is 5.78. The van der Waals surface area contributed by atoms with Crippen LogP contribution in [0.5, 0.6) is 6.01 Å². The summed E-state index contributed by atoms with van der Waals surface area (Å²) < 4.78 is 41.7. The van der Waals surface area contributed by atoms with Crippen molar-refractivity contribution < 1.29 is 28.2 Å². The summed E-state index contributed by atoms with van der Waals surface area (Å²) >= 11 is 0. The summed E-state index contributed by atoms with van der Waals surface area (Å²) in [5.74, 6) is 1.45. The van der Waals surface area contributed by atoms with Crippen molar-refractivity contribution >= 4 is 56.0 Å². The van der Waals surface area contributed by atoms with Crippen LogP contribution >= 0.6 is 0 Å². The lowest BCUT2D eigenvalue weighted by atomic mass is 9.95. The van der Waals surface area contributed by atoms with Gasteiger partial charge < -0.3 is 29.4 Å². The molecule has 0 spiro atoms. The number of anilines is 2. The number of halogens is 2. The van der Waals surface area contributed by atoms with Gasteiger partial charge in [-0.05, 0) is 81.4 Å². The molecule has 2 N–H and O–H groups in total. The zero-order valence-electron chi connectivity index (χ0n) is 39.7. The van der Waals surface area contributed by atoms with Gasteiger partial charge in [-0.3, -0.25) is 29.0 Å². The number of hydrogen-bond acceptors (Lipinski definition) is 12. The number of carbonyl (C=O) groups is 2. The Bertz CT molecular complexity index is 3160. The molecule has 17 heteroatoms. The summed E-state index contributed by atoms with van der Waals surface area (Å²) in [7, 11) is 1.76. The third-order valence-electron chi connectivity index (χ3n) is 15.6. The Labute approximate surface area is 404 Å². The smallest absolute Gasteiger partial charge is 0.329 e. The van der Waals surface area contributed by atoms with Crippen molar-refractivity contribution in [3.63, 3.8) is 0 Å². The Morgan fingerprint density at radius 1 is 0.914 bits per heavy atom. The van der Waals surface area contributed by atoms with Gasteiger partial charge in [0.15, 0.2) is 5.82 Å². The van der Waals surface area contributed by atoms with Crippen molar-refractivity contribution in [2.75, 3.05) is 81.9 Å². The van der Waals surface area contributed by atoms with E-state index >= 15 is 4.39 Å². The molecule has 1 unspecified atom stereocenters. The number of aromatic nitrogens is 5. The Hall–Kier alpha value is -6.48. The number of terminal acetylenes is 1. The lowest BCUT2D eigenvalue weighted by Crippen LogP contribution is -2.50. The molecule has 3 aromatic heterocycles. The molecule has 4 saturated heterocycles. The Kier molecular flexibility index (Phi) is 11.8. The van der Waals surface area contributed by atoms with Gasteiger partial charge >= 0.3 is 11.7 Å². The molecule has 0 bridgehead atoms. The summed E-state index contributed by atoms with van der Waals surface area (Å²) in [5.41, 5.74) is 1.64. The first kappa shape index (κ1) is 45.9. The zero-order valence-corrected chi connectivity index (χ0v) is 39.7. The predicted molar refractivity (Wildman–Crippen MR) is 264 cm³/mol. The molecule has 364 valence electrons. The van der Waals surface area contributed by atoms with Crippen LogP contribution < -0.4 is 25.5 Å². The van der Waals surface area contributed by atoms with E-state index in [1.807, 2.05) is 17.0 Å². The van der Waals surface area contributed by atoms with Crippen LogP contribution in [0.4, 0.5) is 20.3 Å². The maximum Gasteiger partial charge on any atom is 0.329 e. The Balaban J connectivity index is 0.741. The number of hydrogen-bond donors (Lipinski definition) is 2. The quantitative estimate of drug-likeness (QED) is 0.120. The van der Waals surface area contributed by atoms with Gasteiger partial charge in [-0.15, -0.1) is 6.42 Å². The number of aliphatic hydroxyl groups is 1. The first-order valence-electron chi connectivity index (χ1n) is 24.7. The van der Waals surface area contributed by atoms with Crippen LogP contribution in [-0.2, 0) is 16.6 Å². The second-order valence-corrected chi connectivity index (χ2v) is 20.6. The van der Waals surface area contributed by atoms with Crippen molar-refractivity contribution in [2.24, 2.45) is 18.4 Å². The maximum absolute atomic E-state index is 17.0. The third kappa shape index (κ3) is 8.53. The highest BCUT2D eigenvalue weighted by Gasteiger charge is 2.46. The fraction of sp³-hybridized carbons (Fsp3) is 0.472. The summed E-state index contributed by atoms with van der Waals surface area (Å²) in [4.78, 5) is 61.7. The van der Waals surface area contributed by atoms with E-state index in [2.05, 4.69) is 42.0 Å². The molecular formula is C53H58F2N10O5.